The molecule has 0 aliphatic heterocycles. The van der Waals surface area contributed by atoms with Gasteiger partial charge in [-0.2, -0.15) is 0 Å². The average Bonchev–Trinajstić information content (AvgIpc) is 2.03. The number of rotatable bonds is 6. The van der Waals surface area contributed by atoms with Gasteiger partial charge in [0.15, 0.2) is 0 Å². The molecule has 0 aromatic carbocycles. The van der Waals surface area contributed by atoms with Gasteiger partial charge in [0.05, 0.1) is 6.42 Å². The first kappa shape index (κ1) is 11.9. The summed E-state index contributed by atoms with van der Waals surface area (Å²) >= 11 is 0. The molecule has 76 valence electrons. The van der Waals surface area contributed by atoms with Crippen molar-refractivity contribution in [1.29, 1.82) is 0 Å². The molecule has 4 heteroatoms. The molecule has 4 nitrogen and oxygen atoms in total. The first-order valence-electron chi connectivity index (χ1n) is 4.54. The van der Waals surface area contributed by atoms with Crippen LogP contribution in [0.15, 0.2) is 0 Å². The van der Waals surface area contributed by atoms with Gasteiger partial charge in [0.1, 0.15) is 0 Å². The van der Waals surface area contributed by atoms with Crippen LogP contribution in [0.4, 0.5) is 0 Å². The molecule has 1 unspecified atom stereocenters. The number of nitrogens with one attached hydrogen (secondary N) is 1. The number of carbonyl (C=O) groups excluding carboxylic acids is 1. The van der Waals surface area contributed by atoms with Crippen LogP contribution in [-0.2, 0) is 9.59 Å². The minimum Gasteiger partial charge on any atom is -0.481 e. The normalized spacial score (nSPS) is 12.2. The molecule has 0 bridgehead atoms. The summed E-state index contributed by atoms with van der Waals surface area (Å²) in [5.41, 5.74) is 0. The van der Waals surface area contributed by atoms with E-state index in [1.165, 1.54) is 0 Å². The molecule has 1 atom stereocenters. The van der Waals surface area contributed by atoms with E-state index in [9.17, 15) is 9.59 Å². The second kappa shape index (κ2) is 6.46. The summed E-state index contributed by atoms with van der Waals surface area (Å²) < 4.78 is 0. The van der Waals surface area contributed by atoms with Crippen molar-refractivity contribution in [3.63, 3.8) is 0 Å². The Kier molecular flexibility index (Phi) is 5.93. The standard InChI is InChI=1S/C9H17NO3/c1-3-7(2)6-8(11)10-5-4-9(12)13/h7H,3-6H2,1-2H3,(H,10,11)(H,12,13). The maximum atomic E-state index is 11.1. The lowest BCUT2D eigenvalue weighted by Gasteiger charge is -2.07. The first-order valence-corrected chi connectivity index (χ1v) is 4.54. The molecule has 0 aliphatic carbocycles. The zero-order chi connectivity index (χ0) is 10.3. The molecule has 1 amide bonds. The molecule has 0 spiro atoms. The predicted molar refractivity (Wildman–Crippen MR) is 49.3 cm³/mol. The fourth-order valence-corrected chi connectivity index (χ4v) is 0.842. The third kappa shape index (κ3) is 7.31. The third-order valence-corrected chi connectivity index (χ3v) is 1.89. The van der Waals surface area contributed by atoms with E-state index in [4.69, 9.17) is 5.11 Å². The van der Waals surface area contributed by atoms with E-state index < -0.39 is 5.97 Å². The van der Waals surface area contributed by atoms with Gasteiger partial charge in [-0.05, 0) is 5.92 Å². The number of hydrogen-bond acceptors (Lipinski definition) is 2. The smallest absolute Gasteiger partial charge is 0.305 e. The highest BCUT2D eigenvalue weighted by Gasteiger charge is 2.06. The molecule has 0 heterocycles. The molecule has 0 aliphatic rings. The van der Waals surface area contributed by atoms with Gasteiger partial charge in [-0.3, -0.25) is 9.59 Å². The number of aliphatic carboxylic acids is 1. The largest absolute Gasteiger partial charge is 0.481 e. The molecule has 0 rings (SSSR count). The van der Waals surface area contributed by atoms with Crippen molar-refractivity contribution in [3.05, 3.63) is 0 Å². The Labute approximate surface area is 78.3 Å². The number of carbonyl (C=O) groups is 2. The van der Waals surface area contributed by atoms with Gasteiger partial charge < -0.3 is 10.4 Å². The van der Waals surface area contributed by atoms with Crippen LogP contribution in [0.1, 0.15) is 33.1 Å². The van der Waals surface area contributed by atoms with Crippen molar-refractivity contribution < 1.29 is 14.7 Å². The minimum atomic E-state index is -0.885. The van der Waals surface area contributed by atoms with E-state index in [1.807, 2.05) is 13.8 Å². The topological polar surface area (TPSA) is 66.4 Å². The quantitative estimate of drug-likeness (QED) is 0.652. The van der Waals surface area contributed by atoms with E-state index >= 15 is 0 Å². The van der Waals surface area contributed by atoms with Crippen LogP contribution < -0.4 is 5.32 Å². The summed E-state index contributed by atoms with van der Waals surface area (Å²) in [7, 11) is 0. The molecule has 2 N–H and O–H groups in total. The van der Waals surface area contributed by atoms with Gasteiger partial charge in [0.25, 0.3) is 0 Å². The van der Waals surface area contributed by atoms with Gasteiger partial charge in [-0.15, -0.1) is 0 Å². The summed E-state index contributed by atoms with van der Waals surface area (Å²) in [6, 6.07) is 0. The summed E-state index contributed by atoms with van der Waals surface area (Å²) in [5.74, 6) is -0.579. The van der Waals surface area contributed by atoms with Crippen molar-refractivity contribution >= 4 is 11.9 Å². The fourth-order valence-electron chi connectivity index (χ4n) is 0.842. The van der Waals surface area contributed by atoms with E-state index in [2.05, 4.69) is 5.32 Å². The van der Waals surface area contributed by atoms with Crippen LogP contribution in [-0.4, -0.2) is 23.5 Å². The van der Waals surface area contributed by atoms with Gasteiger partial charge in [-0.1, -0.05) is 20.3 Å². The maximum Gasteiger partial charge on any atom is 0.305 e. The first-order chi connectivity index (χ1) is 6.06. The number of hydrogen-bond donors (Lipinski definition) is 2. The zero-order valence-electron chi connectivity index (χ0n) is 8.17. The Morgan fingerprint density at radius 2 is 2.08 bits per heavy atom. The molecule has 0 saturated heterocycles. The minimum absolute atomic E-state index is 0.00769. The Hall–Kier alpha value is -1.06. The van der Waals surface area contributed by atoms with Crippen molar-refractivity contribution in [2.24, 2.45) is 5.92 Å². The van der Waals surface area contributed by atoms with Crippen LogP contribution in [0, 0.1) is 5.92 Å². The van der Waals surface area contributed by atoms with Crippen LogP contribution in [0.3, 0.4) is 0 Å². The highest BCUT2D eigenvalue weighted by atomic mass is 16.4. The maximum absolute atomic E-state index is 11.1. The van der Waals surface area contributed by atoms with E-state index in [0.29, 0.717) is 12.3 Å². The Bertz CT molecular complexity index is 180. The fraction of sp³-hybridized carbons (Fsp3) is 0.778. The molecule has 13 heavy (non-hydrogen) atoms. The summed E-state index contributed by atoms with van der Waals surface area (Å²) in [5, 5.41) is 10.9. The van der Waals surface area contributed by atoms with Crippen LogP contribution in [0.25, 0.3) is 0 Å². The van der Waals surface area contributed by atoms with Gasteiger partial charge >= 0.3 is 5.97 Å². The van der Waals surface area contributed by atoms with E-state index in [1.54, 1.807) is 0 Å². The average molecular weight is 187 g/mol. The SMILES string of the molecule is CCC(C)CC(=O)NCCC(=O)O. The molecular formula is C9H17NO3. The molecule has 0 aromatic heterocycles. The summed E-state index contributed by atoms with van der Waals surface area (Å²) in [6.07, 6.45) is 1.44. The number of amides is 1. The number of carboxylic acids is 1. The zero-order valence-corrected chi connectivity index (χ0v) is 8.17. The van der Waals surface area contributed by atoms with Gasteiger partial charge in [0.2, 0.25) is 5.91 Å². The van der Waals surface area contributed by atoms with Crippen LogP contribution in [0.2, 0.25) is 0 Å². The Balaban J connectivity index is 3.46. The Morgan fingerprint density at radius 1 is 1.46 bits per heavy atom. The highest BCUT2D eigenvalue weighted by Crippen LogP contribution is 2.05. The van der Waals surface area contributed by atoms with Gasteiger partial charge in [-0.25, -0.2) is 0 Å². The second-order valence-electron chi connectivity index (χ2n) is 3.21. The van der Waals surface area contributed by atoms with Crippen LogP contribution in [0.5, 0.6) is 0 Å². The molecule has 0 saturated carbocycles. The molecule has 0 radical (unpaired) electrons. The van der Waals surface area contributed by atoms with Crippen molar-refractivity contribution in [3.8, 4) is 0 Å². The predicted octanol–water partition coefficient (Wildman–Crippen LogP) is 1.01. The third-order valence-electron chi connectivity index (χ3n) is 1.89. The Morgan fingerprint density at radius 3 is 2.54 bits per heavy atom. The summed E-state index contributed by atoms with van der Waals surface area (Å²) in [4.78, 5) is 21.2. The summed E-state index contributed by atoms with van der Waals surface area (Å²) in [6.45, 7) is 4.25. The van der Waals surface area contributed by atoms with Crippen molar-refractivity contribution in [2.75, 3.05) is 6.54 Å². The van der Waals surface area contributed by atoms with Crippen LogP contribution >= 0.6 is 0 Å². The van der Waals surface area contributed by atoms with E-state index in [-0.39, 0.29) is 18.9 Å². The lowest BCUT2D eigenvalue weighted by molar-refractivity contribution is -0.136. The van der Waals surface area contributed by atoms with E-state index in [0.717, 1.165) is 6.42 Å². The number of carboxylic acid groups (broad SMARTS) is 1. The molecular weight excluding hydrogens is 170 g/mol. The lowest BCUT2D eigenvalue weighted by Crippen LogP contribution is -2.27. The van der Waals surface area contributed by atoms with Crippen molar-refractivity contribution in [2.45, 2.75) is 33.1 Å². The lowest BCUT2D eigenvalue weighted by atomic mass is 10.1. The van der Waals surface area contributed by atoms with Crippen molar-refractivity contribution in [1.82, 2.24) is 5.32 Å². The molecule has 0 fully saturated rings. The monoisotopic (exact) mass is 187 g/mol. The second-order valence-corrected chi connectivity index (χ2v) is 3.21. The molecule has 0 aromatic rings. The van der Waals surface area contributed by atoms with Gasteiger partial charge in [0, 0.05) is 13.0 Å². The highest BCUT2D eigenvalue weighted by molar-refractivity contribution is 5.76.